The number of hydrogen-bond acceptors (Lipinski definition) is 2. The maximum Gasteiger partial charge on any atom is 0.196 e. The normalized spacial score (nSPS) is 13.2. The molecule has 0 amide bonds. The summed E-state index contributed by atoms with van der Waals surface area (Å²) < 4.78 is 14.5. The maximum absolute atomic E-state index is 14.5. The Kier molecular flexibility index (Phi) is 4.67. The van der Waals surface area contributed by atoms with Gasteiger partial charge in [-0.1, -0.05) is 66.7 Å². The van der Waals surface area contributed by atoms with E-state index in [4.69, 9.17) is 0 Å². The van der Waals surface area contributed by atoms with Crippen molar-refractivity contribution in [3.05, 3.63) is 83.9 Å². The van der Waals surface area contributed by atoms with Gasteiger partial charge in [-0.15, -0.1) is 0 Å². The molecule has 0 spiro atoms. The fourth-order valence-electron chi connectivity index (χ4n) is 2.79. The van der Waals surface area contributed by atoms with Gasteiger partial charge >= 0.3 is 0 Å². The Morgan fingerprint density at radius 1 is 0.958 bits per heavy atom. The monoisotopic (exact) mass is 317 g/mol. The molecule has 0 fully saturated rings. The summed E-state index contributed by atoms with van der Waals surface area (Å²) in [5.74, 6) is -1.21. The van der Waals surface area contributed by atoms with E-state index < -0.39 is 17.9 Å². The predicted molar refractivity (Wildman–Crippen MR) is 92.6 cm³/mol. The third kappa shape index (κ3) is 3.33. The molecule has 3 rings (SSSR count). The largest absolute Gasteiger partial charge is 0.291 e. The van der Waals surface area contributed by atoms with Gasteiger partial charge in [-0.3, -0.25) is 4.79 Å². The van der Waals surface area contributed by atoms with Crippen molar-refractivity contribution >= 4 is 16.6 Å². The van der Waals surface area contributed by atoms with Crippen molar-refractivity contribution in [1.29, 1.82) is 5.26 Å². The molecule has 3 heteroatoms. The molecule has 0 N–H and O–H groups in total. The quantitative estimate of drug-likeness (QED) is 0.617. The van der Waals surface area contributed by atoms with Crippen molar-refractivity contribution in [1.82, 2.24) is 0 Å². The molecular formula is C21H16FNO. The minimum absolute atomic E-state index is 0.133. The average molecular weight is 317 g/mol. The van der Waals surface area contributed by atoms with Crippen LogP contribution in [0.15, 0.2) is 72.8 Å². The standard InChI is InChI=1S/C21H16FNO/c22-20(13-19(14-23)15-6-2-1-3-7-15)21(24)18-11-10-16-8-4-5-9-17(16)12-18/h1-12,19-20H,13H2. The molecule has 24 heavy (non-hydrogen) atoms. The van der Waals surface area contributed by atoms with Gasteiger partial charge in [-0.2, -0.15) is 5.26 Å². The van der Waals surface area contributed by atoms with Crippen LogP contribution in [0.4, 0.5) is 4.39 Å². The smallest absolute Gasteiger partial charge is 0.196 e. The van der Waals surface area contributed by atoms with E-state index in [-0.39, 0.29) is 6.42 Å². The van der Waals surface area contributed by atoms with Crippen molar-refractivity contribution in [3.63, 3.8) is 0 Å². The molecule has 0 heterocycles. The summed E-state index contributed by atoms with van der Waals surface area (Å²) >= 11 is 0. The summed E-state index contributed by atoms with van der Waals surface area (Å²) in [6, 6.07) is 23.9. The molecule has 0 aliphatic rings. The van der Waals surface area contributed by atoms with Gasteiger partial charge in [0.15, 0.2) is 12.0 Å². The Labute approximate surface area is 140 Å². The average Bonchev–Trinajstić information content (AvgIpc) is 2.65. The Morgan fingerprint density at radius 3 is 2.33 bits per heavy atom. The fourth-order valence-corrected chi connectivity index (χ4v) is 2.79. The minimum Gasteiger partial charge on any atom is -0.291 e. The van der Waals surface area contributed by atoms with Crippen LogP contribution in [0.1, 0.15) is 28.3 Å². The van der Waals surface area contributed by atoms with Crippen LogP contribution in [0, 0.1) is 11.3 Å². The topological polar surface area (TPSA) is 40.9 Å². The lowest BCUT2D eigenvalue weighted by Gasteiger charge is -2.13. The number of nitriles is 1. The second-order valence-electron chi connectivity index (χ2n) is 5.72. The number of ketones is 1. The van der Waals surface area contributed by atoms with Crippen molar-refractivity contribution in [2.45, 2.75) is 18.5 Å². The van der Waals surface area contributed by atoms with Gasteiger partial charge < -0.3 is 0 Å². The predicted octanol–water partition coefficient (Wildman–Crippen LogP) is 5.06. The number of Topliss-reactive ketones (excluding diaryl/α,β-unsaturated/α-hetero) is 1. The third-order valence-corrected chi connectivity index (χ3v) is 4.12. The Balaban J connectivity index is 1.79. The highest BCUT2D eigenvalue weighted by Gasteiger charge is 2.24. The number of nitrogens with zero attached hydrogens (tertiary/aromatic N) is 1. The molecule has 2 unspecified atom stereocenters. The van der Waals surface area contributed by atoms with Gasteiger partial charge in [0.25, 0.3) is 0 Å². The molecule has 118 valence electrons. The van der Waals surface area contributed by atoms with Gasteiger partial charge in [-0.25, -0.2) is 4.39 Å². The zero-order valence-corrected chi connectivity index (χ0v) is 13.0. The fraction of sp³-hybridized carbons (Fsp3) is 0.143. The Hall–Kier alpha value is -2.99. The number of carbonyl (C=O) groups is 1. The minimum atomic E-state index is -1.70. The first-order valence-corrected chi connectivity index (χ1v) is 7.80. The van der Waals surface area contributed by atoms with Gasteiger partial charge in [0, 0.05) is 12.0 Å². The lowest BCUT2D eigenvalue weighted by Crippen LogP contribution is -2.18. The van der Waals surface area contributed by atoms with Gasteiger partial charge in [0.2, 0.25) is 0 Å². The number of benzene rings is 3. The van der Waals surface area contributed by atoms with Gasteiger partial charge in [-0.05, 0) is 22.4 Å². The highest BCUT2D eigenvalue weighted by atomic mass is 19.1. The maximum atomic E-state index is 14.5. The first kappa shape index (κ1) is 15.9. The van der Waals surface area contributed by atoms with E-state index in [0.717, 1.165) is 16.3 Å². The van der Waals surface area contributed by atoms with Crippen LogP contribution in [0.5, 0.6) is 0 Å². The molecule has 0 radical (unpaired) electrons. The van der Waals surface area contributed by atoms with E-state index in [0.29, 0.717) is 5.56 Å². The Bertz CT molecular complexity index is 898. The van der Waals surface area contributed by atoms with Crippen LogP contribution >= 0.6 is 0 Å². The van der Waals surface area contributed by atoms with Crippen molar-refractivity contribution < 1.29 is 9.18 Å². The molecule has 2 atom stereocenters. The molecule has 0 aromatic heterocycles. The van der Waals surface area contributed by atoms with E-state index >= 15 is 0 Å². The number of hydrogen-bond donors (Lipinski definition) is 0. The highest BCUT2D eigenvalue weighted by molar-refractivity contribution is 6.02. The van der Waals surface area contributed by atoms with Crippen LogP contribution in [0.3, 0.4) is 0 Å². The lowest BCUT2D eigenvalue weighted by molar-refractivity contribution is 0.0866. The van der Waals surface area contributed by atoms with E-state index in [1.807, 2.05) is 36.4 Å². The molecule has 0 saturated carbocycles. The van der Waals surface area contributed by atoms with E-state index in [1.165, 1.54) is 0 Å². The van der Waals surface area contributed by atoms with Crippen LogP contribution in [-0.4, -0.2) is 12.0 Å². The molecule has 2 nitrogen and oxygen atoms in total. The molecule has 3 aromatic carbocycles. The number of fused-ring (bicyclic) bond motifs is 1. The summed E-state index contributed by atoms with van der Waals surface area (Å²) in [6.07, 6.45) is -1.83. The van der Waals surface area contributed by atoms with Gasteiger partial charge in [0.1, 0.15) is 0 Å². The van der Waals surface area contributed by atoms with Crippen LogP contribution in [-0.2, 0) is 0 Å². The first-order valence-electron chi connectivity index (χ1n) is 7.80. The van der Waals surface area contributed by atoms with Crippen molar-refractivity contribution in [2.75, 3.05) is 0 Å². The van der Waals surface area contributed by atoms with Crippen LogP contribution in [0.2, 0.25) is 0 Å². The van der Waals surface area contributed by atoms with Gasteiger partial charge in [0.05, 0.1) is 12.0 Å². The highest BCUT2D eigenvalue weighted by Crippen LogP contribution is 2.24. The van der Waals surface area contributed by atoms with Crippen molar-refractivity contribution in [2.24, 2.45) is 0 Å². The summed E-state index contributed by atoms with van der Waals surface area (Å²) in [4.78, 5) is 12.4. The second kappa shape index (κ2) is 7.06. The number of carbonyl (C=O) groups excluding carboxylic acids is 1. The molecule has 0 saturated heterocycles. The molecule has 0 aliphatic heterocycles. The second-order valence-corrected chi connectivity index (χ2v) is 5.72. The molecular weight excluding hydrogens is 301 g/mol. The molecule has 3 aromatic rings. The molecule has 0 aliphatic carbocycles. The number of halogens is 1. The zero-order valence-electron chi connectivity index (χ0n) is 13.0. The Morgan fingerprint density at radius 2 is 1.62 bits per heavy atom. The molecule has 0 bridgehead atoms. The van der Waals surface area contributed by atoms with E-state index in [2.05, 4.69) is 6.07 Å². The summed E-state index contributed by atoms with van der Waals surface area (Å²) in [7, 11) is 0. The summed E-state index contributed by atoms with van der Waals surface area (Å²) in [5.41, 5.74) is 1.07. The zero-order chi connectivity index (χ0) is 16.9. The van der Waals surface area contributed by atoms with Crippen molar-refractivity contribution in [3.8, 4) is 6.07 Å². The summed E-state index contributed by atoms with van der Waals surface area (Å²) in [6.45, 7) is 0. The lowest BCUT2D eigenvalue weighted by atomic mass is 9.92. The van der Waals surface area contributed by atoms with E-state index in [1.54, 1.807) is 36.4 Å². The van der Waals surface area contributed by atoms with E-state index in [9.17, 15) is 14.4 Å². The summed E-state index contributed by atoms with van der Waals surface area (Å²) in [5, 5.41) is 11.2. The number of alkyl halides is 1. The van der Waals surface area contributed by atoms with Crippen LogP contribution in [0.25, 0.3) is 10.8 Å². The SMILES string of the molecule is N#CC(CC(F)C(=O)c1ccc2ccccc2c1)c1ccccc1. The first-order chi connectivity index (χ1) is 11.7. The van der Waals surface area contributed by atoms with Crippen LogP contribution < -0.4 is 0 Å². The third-order valence-electron chi connectivity index (χ3n) is 4.12. The number of rotatable bonds is 5.